The Morgan fingerprint density at radius 2 is 1.10 bits per heavy atom. The van der Waals surface area contributed by atoms with Crippen LogP contribution in [0.3, 0.4) is 0 Å². The first-order valence-corrected chi connectivity index (χ1v) is 19.3. The molecule has 0 fully saturated rings. The monoisotopic (exact) mass is 730 g/mol. The van der Waals surface area contributed by atoms with Crippen LogP contribution in [0.25, 0.3) is 79.9 Å². The van der Waals surface area contributed by atoms with E-state index >= 15 is 0 Å². The van der Waals surface area contributed by atoms with Crippen LogP contribution in [0.5, 0.6) is 0 Å². The Morgan fingerprint density at radius 3 is 1.98 bits per heavy atom. The topological polar surface area (TPSA) is 21.3 Å². The SMILES string of the molecule is c1ccc(-n2c3ccccc3c3ccc(-c4ccc(N(c5ccc6[se]c7ccccc7c6c5)c5cccc6oc7ccccc7c56)cc4)cc32)cc1. The molecule has 11 aromatic rings. The van der Waals surface area contributed by atoms with Crippen LogP contribution in [0.15, 0.2) is 186 Å². The molecule has 0 aliphatic rings. The number of anilines is 3. The predicted molar refractivity (Wildman–Crippen MR) is 220 cm³/mol. The summed E-state index contributed by atoms with van der Waals surface area (Å²) in [6, 6.07) is 65.9. The Bertz CT molecular complexity index is 3130. The third-order valence-electron chi connectivity index (χ3n) is 10.4. The van der Waals surface area contributed by atoms with Gasteiger partial charge in [-0.15, -0.1) is 0 Å². The van der Waals surface area contributed by atoms with E-state index in [-0.39, 0.29) is 0 Å². The van der Waals surface area contributed by atoms with Crippen molar-refractivity contribution in [2.24, 2.45) is 0 Å². The van der Waals surface area contributed by atoms with Crippen LogP contribution in [-0.2, 0) is 0 Å². The summed E-state index contributed by atoms with van der Waals surface area (Å²) in [5.41, 5.74) is 11.0. The minimum absolute atomic E-state index is 0.311. The normalized spacial score (nSPS) is 11.8. The van der Waals surface area contributed by atoms with Crippen molar-refractivity contribution in [1.29, 1.82) is 0 Å². The molecule has 0 unspecified atom stereocenters. The maximum absolute atomic E-state index is 6.38. The molecule has 4 heteroatoms. The molecule has 52 heavy (non-hydrogen) atoms. The van der Waals surface area contributed by atoms with Crippen molar-refractivity contribution in [1.82, 2.24) is 4.57 Å². The molecule has 0 amide bonds. The van der Waals surface area contributed by atoms with Gasteiger partial charge in [0.1, 0.15) is 0 Å². The van der Waals surface area contributed by atoms with Crippen molar-refractivity contribution in [3.63, 3.8) is 0 Å². The Hall–Kier alpha value is -6.32. The fourth-order valence-electron chi connectivity index (χ4n) is 8.03. The summed E-state index contributed by atoms with van der Waals surface area (Å²) < 4.78 is 11.6. The average Bonchev–Trinajstić information content (AvgIpc) is 3.88. The number of hydrogen-bond acceptors (Lipinski definition) is 2. The van der Waals surface area contributed by atoms with Gasteiger partial charge >= 0.3 is 226 Å². The van der Waals surface area contributed by atoms with Gasteiger partial charge in [0.2, 0.25) is 0 Å². The second-order valence-electron chi connectivity index (χ2n) is 13.3. The molecule has 3 heterocycles. The molecular weight excluding hydrogens is 700 g/mol. The molecule has 11 rings (SSSR count). The number of hydrogen-bond donors (Lipinski definition) is 0. The number of furan rings is 1. The van der Waals surface area contributed by atoms with E-state index in [0.29, 0.717) is 14.5 Å². The molecule has 0 atom stereocenters. The number of rotatable bonds is 5. The van der Waals surface area contributed by atoms with Crippen LogP contribution < -0.4 is 4.90 Å². The molecule has 0 spiro atoms. The summed E-state index contributed by atoms with van der Waals surface area (Å²) >= 11 is 0.311. The van der Waals surface area contributed by atoms with Crippen molar-refractivity contribution in [3.05, 3.63) is 182 Å². The van der Waals surface area contributed by atoms with E-state index in [4.69, 9.17) is 4.42 Å². The molecule has 3 nitrogen and oxygen atoms in total. The van der Waals surface area contributed by atoms with Crippen LogP contribution in [0.4, 0.5) is 17.1 Å². The number of benzene rings is 8. The number of aromatic nitrogens is 1. The van der Waals surface area contributed by atoms with Crippen LogP contribution in [0, 0.1) is 0 Å². The van der Waals surface area contributed by atoms with Gasteiger partial charge in [-0.25, -0.2) is 0 Å². The van der Waals surface area contributed by atoms with Gasteiger partial charge in [-0.05, 0) is 18.2 Å². The molecule has 0 aliphatic carbocycles. The molecule has 0 saturated heterocycles. The first kappa shape index (κ1) is 29.4. The molecule has 244 valence electrons. The zero-order valence-corrected chi connectivity index (χ0v) is 29.7. The van der Waals surface area contributed by atoms with E-state index in [1.54, 1.807) is 0 Å². The van der Waals surface area contributed by atoms with Gasteiger partial charge in [-0.1, -0.05) is 36.4 Å². The molecule has 0 radical (unpaired) electrons. The van der Waals surface area contributed by atoms with Crippen LogP contribution >= 0.6 is 0 Å². The van der Waals surface area contributed by atoms with E-state index in [2.05, 4.69) is 185 Å². The van der Waals surface area contributed by atoms with Crippen molar-refractivity contribution in [2.75, 3.05) is 4.90 Å². The molecule has 8 aromatic carbocycles. The van der Waals surface area contributed by atoms with Gasteiger partial charge in [0.05, 0.1) is 5.52 Å². The minimum atomic E-state index is 0.311. The third-order valence-corrected chi connectivity index (χ3v) is 12.8. The van der Waals surface area contributed by atoms with E-state index in [9.17, 15) is 0 Å². The summed E-state index contributed by atoms with van der Waals surface area (Å²) in [6.07, 6.45) is 0. The molecule has 0 aliphatic heterocycles. The molecule has 0 saturated carbocycles. The second kappa shape index (κ2) is 11.6. The van der Waals surface area contributed by atoms with Gasteiger partial charge in [-0.2, -0.15) is 0 Å². The third kappa shape index (κ3) is 4.52. The minimum Gasteiger partial charge on any atom is -0.0602 e. The van der Waals surface area contributed by atoms with Crippen molar-refractivity contribution >= 4 is 94.6 Å². The van der Waals surface area contributed by atoms with Crippen LogP contribution in [0.1, 0.15) is 0 Å². The van der Waals surface area contributed by atoms with Crippen LogP contribution in [-0.4, -0.2) is 19.1 Å². The molecular formula is C48H30N2OSe. The average molecular weight is 730 g/mol. The summed E-state index contributed by atoms with van der Waals surface area (Å²) in [6.45, 7) is 0. The Kier molecular flexibility index (Phi) is 6.57. The number of para-hydroxylation sites is 3. The summed E-state index contributed by atoms with van der Waals surface area (Å²) in [7, 11) is 0. The zero-order chi connectivity index (χ0) is 34.2. The summed E-state index contributed by atoms with van der Waals surface area (Å²) in [4.78, 5) is 2.40. The first-order valence-electron chi connectivity index (χ1n) is 17.6. The fourth-order valence-corrected chi connectivity index (χ4v) is 10.3. The molecule has 0 N–H and O–H groups in total. The van der Waals surface area contributed by atoms with Gasteiger partial charge in [0.25, 0.3) is 0 Å². The second-order valence-corrected chi connectivity index (χ2v) is 15.6. The van der Waals surface area contributed by atoms with E-state index in [1.165, 1.54) is 52.2 Å². The van der Waals surface area contributed by atoms with Gasteiger partial charge in [0.15, 0.2) is 0 Å². The maximum atomic E-state index is 6.38. The van der Waals surface area contributed by atoms with E-state index in [0.717, 1.165) is 44.7 Å². The van der Waals surface area contributed by atoms with Gasteiger partial charge in [-0.3, -0.25) is 0 Å². The van der Waals surface area contributed by atoms with E-state index in [1.807, 2.05) is 6.07 Å². The first-order chi connectivity index (χ1) is 25.8. The zero-order valence-electron chi connectivity index (χ0n) is 28.0. The Labute approximate surface area is 305 Å². The Balaban J connectivity index is 1.09. The summed E-state index contributed by atoms with van der Waals surface area (Å²) in [5, 5.41) is 7.44. The van der Waals surface area contributed by atoms with Crippen molar-refractivity contribution in [3.8, 4) is 16.8 Å². The standard InChI is InChI=1S/C48H30N2OSe/c1-2-11-33(12-3-1)50-41-16-7-4-13-36(41)37-27-23-32(29-43(37)50)31-21-24-34(25-22-31)49(35-26-28-47-40(30-35)38-14-6-9-20-46(38)52-47)42-17-10-19-45-48(42)39-15-5-8-18-44(39)51-45/h1-30H. The number of nitrogens with zero attached hydrogens (tertiary/aromatic N) is 2. The van der Waals surface area contributed by atoms with Crippen molar-refractivity contribution in [2.45, 2.75) is 0 Å². The van der Waals surface area contributed by atoms with Crippen LogP contribution in [0.2, 0.25) is 0 Å². The molecule has 3 aromatic heterocycles. The predicted octanol–water partition coefficient (Wildman–Crippen LogP) is 13.2. The molecule has 0 bridgehead atoms. The smallest absolute Gasteiger partial charge is 0.0602 e. The van der Waals surface area contributed by atoms with Crippen molar-refractivity contribution < 1.29 is 4.42 Å². The van der Waals surface area contributed by atoms with E-state index < -0.39 is 0 Å². The number of fused-ring (bicyclic) bond motifs is 9. The fraction of sp³-hybridized carbons (Fsp3) is 0. The quantitative estimate of drug-likeness (QED) is 0.165. The van der Waals surface area contributed by atoms with Gasteiger partial charge < -0.3 is 4.57 Å². The Morgan fingerprint density at radius 1 is 0.423 bits per heavy atom. The van der Waals surface area contributed by atoms with Gasteiger partial charge in [0, 0.05) is 16.5 Å². The summed E-state index contributed by atoms with van der Waals surface area (Å²) in [5.74, 6) is 0.